The molecule has 0 saturated carbocycles. The van der Waals surface area contributed by atoms with Crippen molar-refractivity contribution in [2.45, 2.75) is 25.8 Å². The summed E-state index contributed by atoms with van der Waals surface area (Å²) in [7, 11) is 1.58. The zero-order valence-corrected chi connectivity index (χ0v) is 16.5. The summed E-state index contributed by atoms with van der Waals surface area (Å²) in [6, 6.07) is 10.2. The van der Waals surface area contributed by atoms with Crippen LogP contribution in [0, 0.1) is 0 Å². The molecule has 0 saturated heterocycles. The Kier molecular flexibility index (Phi) is 8.80. The fourth-order valence-electron chi connectivity index (χ4n) is 2.51. The monoisotopic (exact) mass is 390 g/mol. The van der Waals surface area contributed by atoms with Crippen molar-refractivity contribution in [1.82, 2.24) is 10.6 Å². The highest BCUT2D eigenvalue weighted by Crippen LogP contribution is 2.19. The molecule has 1 aromatic heterocycles. The maximum Gasteiger partial charge on any atom is 0.247 e. The molecule has 0 fully saturated rings. The topological polar surface area (TPSA) is 76.7 Å². The van der Waals surface area contributed by atoms with Crippen molar-refractivity contribution in [3.8, 4) is 5.75 Å². The maximum atomic E-state index is 12.7. The lowest BCUT2D eigenvalue weighted by Gasteiger charge is -2.19. The van der Waals surface area contributed by atoms with Gasteiger partial charge in [-0.25, -0.2) is 0 Å². The molecule has 1 atom stereocenters. The Bertz CT molecular complexity index is 701. The largest absolute Gasteiger partial charge is 0.497 e. The summed E-state index contributed by atoms with van der Waals surface area (Å²) in [5.74, 6) is 0.262. The molecular formula is C20H26N2O4S. The van der Waals surface area contributed by atoms with Gasteiger partial charge < -0.3 is 20.1 Å². The van der Waals surface area contributed by atoms with Gasteiger partial charge in [-0.3, -0.25) is 9.59 Å². The van der Waals surface area contributed by atoms with E-state index in [0.717, 1.165) is 11.3 Å². The number of carbonyl (C=O) groups is 2. The van der Waals surface area contributed by atoms with Gasteiger partial charge in [-0.1, -0.05) is 18.2 Å². The van der Waals surface area contributed by atoms with Crippen LogP contribution in [0.5, 0.6) is 5.75 Å². The van der Waals surface area contributed by atoms with Crippen LogP contribution in [0.25, 0.3) is 0 Å². The minimum absolute atomic E-state index is 0.192. The van der Waals surface area contributed by atoms with Gasteiger partial charge in [-0.2, -0.15) is 0 Å². The molecule has 0 radical (unpaired) electrons. The first-order chi connectivity index (χ1) is 13.1. The number of methoxy groups -OCH3 is 1. The molecule has 7 heteroatoms. The molecule has 0 spiro atoms. The number of hydrogen-bond acceptors (Lipinski definition) is 5. The molecule has 0 aliphatic heterocycles. The van der Waals surface area contributed by atoms with Gasteiger partial charge in [0.05, 0.1) is 13.5 Å². The maximum absolute atomic E-state index is 12.7. The summed E-state index contributed by atoms with van der Waals surface area (Å²) in [5.41, 5.74) is 0.706. The Balaban J connectivity index is 2.02. The molecule has 0 aliphatic rings. The standard InChI is InChI=1S/C20H26N2O4S/c1-3-26-12-5-11-21-20(24)19(15-7-9-16(25-2)10-8-15)22-18(23)14-17-6-4-13-27-17/h4,6-10,13,19H,3,5,11-12,14H2,1-2H3,(H,21,24)(H,22,23)/t19-/m0/s1. The second-order valence-electron chi connectivity index (χ2n) is 5.87. The first-order valence-corrected chi connectivity index (χ1v) is 9.83. The van der Waals surface area contributed by atoms with E-state index in [-0.39, 0.29) is 18.2 Å². The van der Waals surface area contributed by atoms with Gasteiger partial charge in [0.1, 0.15) is 11.8 Å². The molecule has 6 nitrogen and oxygen atoms in total. The van der Waals surface area contributed by atoms with Crippen LogP contribution < -0.4 is 15.4 Å². The Hall–Kier alpha value is -2.38. The van der Waals surface area contributed by atoms with Crippen LogP contribution in [-0.2, 0) is 20.7 Å². The van der Waals surface area contributed by atoms with E-state index in [2.05, 4.69) is 10.6 Å². The molecule has 0 unspecified atom stereocenters. The Morgan fingerprint density at radius 1 is 1.19 bits per heavy atom. The summed E-state index contributed by atoms with van der Waals surface area (Å²) in [6.07, 6.45) is 0.972. The highest BCUT2D eigenvalue weighted by molar-refractivity contribution is 7.10. The van der Waals surface area contributed by atoms with Gasteiger partial charge in [0.15, 0.2) is 0 Å². The number of amides is 2. The molecular weight excluding hydrogens is 364 g/mol. The normalized spacial score (nSPS) is 11.6. The summed E-state index contributed by atoms with van der Waals surface area (Å²) in [5, 5.41) is 7.64. The van der Waals surface area contributed by atoms with E-state index in [4.69, 9.17) is 9.47 Å². The van der Waals surface area contributed by atoms with E-state index in [1.807, 2.05) is 24.4 Å². The third-order valence-electron chi connectivity index (χ3n) is 3.90. The summed E-state index contributed by atoms with van der Waals surface area (Å²) < 4.78 is 10.4. The number of rotatable bonds is 11. The van der Waals surface area contributed by atoms with Crippen LogP contribution in [-0.4, -0.2) is 38.7 Å². The van der Waals surface area contributed by atoms with Crippen LogP contribution in [0.4, 0.5) is 0 Å². The molecule has 0 bridgehead atoms. The fraction of sp³-hybridized carbons (Fsp3) is 0.400. The van der Waals surface area contributed by atoms with E-state index in [0.29, 0.717) is 31.1 Å². The molecule has 27 heavy (non-hydrogen) atoms. The van der Waals surface area contributed by atoms with Crippen molar-refractivity contribution in [2.24, 2.45) is 0 Å². The Morgan fingerprint density at radius 2 is 1.96 bits per heavy atom. The average Bonchev–Trinajstić information content (AvgIpc) is 3.19. The molecule has 2 rings (SSSR count). The van der Waals surface area contributed by atoms with Crippen molar-refractivity contribution in [3.63, 3.8) is 0 Å². The second-order valence-corrected chi connectivity index (χ2v) is 6.90. The summed E-state index contributed by atoms with van der Waals surface area (Å²) in [6.45, 7) is 3.67. The number of ether oxygens (including phenoxy) is 2. The minimum atomic E-state index is -0.754. The quantitative estimate of drug-likeness (QED) is 0.579. The highest BCUT2D eigenvalue weighted by atomic mass is 32.1. The smallest absolute Gasteiger partial charge is 0.247 e. The van der Waals surface area contributed by atoms with E-state index in [9.17, 15) is 9.59 Å². The van der Waals surface area contributed by atoms with Gasteiger partial charge in [-0.15, -0.1) is 11.3 Å². The summed E-state index contributed by atoms with van der Waals surface area (Å²) in [4.78, 5) is 26.0. The van der Waals surface area contributed by atoms with Gasteiger partial charge in [0.25, 0.3) is 0 Å². The van der Waals surface area contributed by atoms with Crippen molar-refractivity contribution in [1.29, 1.82) is 0 Å². The number of thiophene rings is 1. The van der Waals surface area contributed by atoms with Crippen LogP contribution in [0.1, 0.15) is 29.8 Å². The number of benzene rings is 1. The summed E-state index contributed by atoms with van der Waals surface area (Å²) >= 11 is 1.52. The van der Waals surface area contributed by atoms with Crippen molar-refractivity contribution in [2.75, 3.05) is 26.9 Å². The molecule has 1 heterocycles. The van der Waals surface area contributed by atoms with Crippen molar-refractivity contribution in [3.05, 3.63) is 52.2 Å². The highest BCUT2D eigenvalue weighted by Gasteiger charge is 2.22. The van der Waals surface area contributed by atoms with Crippen molar-refractivity contribution >= 4 is 23.2 Å². The molecule has 2 aromatic rings. The molecule has 1 aromatic carbocycles. The predicted octanol–water partition coefficient (Wildman–Crippen LogP) is 2.70. The third kappa shape index (κ3) is 7.03. The van der Waals surface area contributed by atoms with Crippen LogP contribution in [0.15, 0.2) is 41.8 Å². The van der Waals surface area contributed by atoms with Gasteiger partial charge in [0, 0.05) is 24.6 Å². The SMILES string of the molecule is CCOCCCNC(=O)[C@@H](NC(=O)Cc1cccs1)c1ccc(OC)cc1. The van der Waals surface area contributed by atoms with Gasteiger partial charge in [0.2, 0.25) is 11.8 Å². The zero-order chi connectivity index (χ0) is 19.5. The van der Waals surface area contributed by atoms with Gasteiger partial charge in [-0.05, 0) is 42.5 Å². The number of hydrogen-bond donors (Lipinski definition) is 2. The Morgan fingerprint density at radius 3 is 2.59 bits per heavy atom. The van der Waals surface area contributed by atoms with E-state index >= 15 is 0 Å². The van der Waals surface area contributed by atoms with Crippen LogP contribution in [0.2, 0.25) is 0 Å². The lowest BCUT2D eigenvalue weighted by Crippen LogP contribution is -2.41. The average molecular weight is 391 g/mol. The number of carbonyl (C=O) groups excluding carboxylic acids is 2. The fourth-order valence-corrected chi connectivity index (χ4v) is 3.22. The van der Waals surface area contributed by atoms with Gasteiger partial charge >= 0.3 is 0 Å². The molecule has 146 valence electrons. The molecule has 2 amide bonds. The van der Waals surface area contributed by atoms with Crippen molar-refractivity contribution < 1.29 is 19.1 Å². The van der Waals surface area contributed by atoms with Crippen LogP contribution >= 0.6 is 11.3 Å². The first kappa shape index (κ1) is 20.9. The first-order valence-electron chi connectivity index (χ1n) is 8.95. The zero-order valence-electron chi connectivity index (χ0n) is 15.7. The molecule has 2 N–H and O–H groups in total. The lowest BCUT2D eigenvalue weighted by molar-refractivity contribution is -0.128. The number of nitrogens with one attached hydrogen (secondary N) is 2. The lowest BCUT2D eigenvalue weighted by atomic mass is 10.1. The second kappa shape index (κ2) is 11.4. The van der Waals surface area contributed by atoms with E-state index in [1.54, 1.807) is 31.4 Å². The van der Waals surface area contributed by atoms with Crippen LogP contribution in [0.3, 0.4) is 0 Å². The molecule has 0 aliphatic carbocycles. The third-order valence-corrected chi connectivity index (χ3v) is 4.78. The Labute approximate surface area is 163 Å². The predicted molar refractivity (Wildman–Crippen MR) is 106 cm³/mol. The van der Waals surface area contributed by atoms with E-state index in [1.165, 1.54) is 11.3 Å². The minimum Gasteiger partial charge on any atom is -0.497 e. The van der Waals surface area contributed by atoms with E-state index < -0.39 is 6.04 Å².